The quantitative estimate of drug-likeness (QED) is 0.357. The normalized spacial score (nSPS) is 19.7. The SMILES string of the molecule is CCOC(=O)C1(C(=O)OCC)C[C@@H](CSc2ccccc2)[C@@H](Nn2nnc(C)c2C)C1. The second kappa shape index (κ2) is 10.2. The van der Waals surface area contributed by atoms with E-state index in [1.54, 1.807) is 30.4 Å². The van der Waals surface area contributed by atoms with E-state index in [2.05, 4.69) is 27.9 Å². The van der Waals surface area contributed by atoms with Crippen molar-refractivity contribution in [3.63, 3.8) is 0 Å². The average Bonchev–Trinajstić information content (AvgIpc) is 3.29. The highest BCUT2D eigenvalue weighted by Gasteiger charge is 2.57. The molecule has 0 amide bonds. The van der Waals surface area contributed by atoms with E-state index in [4.69, 9.17) is 9.47 Å². The Morgan fingerprint density at radius 3 is 2.32 bits per heavy atom. The molecular formula is C22H30N4O4S. The molecule has 1 heterocycles. The molecule has 1 aliphatic rings. The van der Waals surface area contributed by atoms with Gasteiger partial charge in [-0.3, -0.25) is 9.59 Å². The van der Waals surface area contributed by atoms with E-state index in [0.29, 0.717) is 6.42 Å². The molecule has 2 atom stereocenters. The predicted molar refractivity (Wildman–Crippen MR) is 118 cm³/mol. The van der Waals surface area contributed by atoms with Gasteiger partial charge in [0.15, 0.2) is 5.41 Å². The number of hydrogen-bond donors (Lipinski definition) is 1. The van der Waals surface area contributed by atoms with Crippen LogP contribution in [0.2, 0.25) is 0 Å². The fourth-order valence-electron chi connectivity index (χ4n) is 3.90. The summed E-state index contributed by atoms with van der Waals surface area (Å²) in [4.78, 5) is 28.7. The molecule has 168 valence electrons. The third-order valence-corrected chi connectivity index (χ3v) is 6.90. The number of aromatic nitrogens is 3. The zero-order chi connectivity index (χ0) is 22.4. The van der Waals surface area contributed by atoms with Crippen molar-refractivity contribution in [3.8, 4) is 0 Å². The van der Waals surface area contributed by atoms with Crippen LogP contribution in [-0.4, -0.2) is 52.0 Å². The number of ether oxygens (including phenoxy) is 2. The van der Waals surface area contributed by atoms with E-state index in [9.17, 15) is 9.59 Å². The van der Waals surface area contributed by atoms with E-state index < -0.39 is 17.4 Å². The zero-order valence-electron chi connectivity index (χ0n) is 18.5. The lowest BCUT2D eigenvalue weighted by atomic mass is 9.85. The first-order chi connectivity index (χ1) is 14.9. The number of carbonyl (C=O) groups excluding carboxylic acids is 2. The molecule has 1 aromatic carbocycles. The zero-order valence-corrected chi connectivity index (χ0v) is 19.3. The van der Waals surface area contributed by atoms with Crippen LogP contribution in [-0.2, 0) is 19.1 Å². The molecular weight excluding hydrogens is 416 g/mol. The van der Waals surface area contributed by atoms with Crippen molar-refractivity contribution in [2.75, 3.05) is 24.4 Å². The summed E-state index contributed by atoms with van der Waals surface area (Å²) in [5, 5.41) is 8.26. The minimum Gasteiger partial charge on any atom is -0.465 e. The van der Waals surface area contributed by atoms with Crippen LogP contribution in [0.15, 0.2) is 35.2 Å². The lowest BCUT2D eigenvalue weighted by Gasteiger charge is -2.24. The molecule has 9 heteroatoms. The van der Waals surface area contributed by atoms with Crippen LogP contribution in [0.5, 0.6) is 0 Å². The molecule has 1 saturated carbocycles. The molecule has 0 aliphatic heterocycles. The Bertz CT molecular complexity index is 884. The first kappa shape index (κ1) is 23.1. The summed E-state index contributed by atoms with van der Waals surface area (Å²) in [5.74, 6) is -0.282. The maximum atomic E-state index is 13.0. The fourth-order valence-corrected chi connectivity index (χ4v) is 5.01. The number of aryl methyl sites for hydroxylation is 1. The summed E-state index contributed by atoms with van der Waals surface area (Å²) in [6.45, 7) is 7.72. The Labute approximate surface area is 187 Å². The van der Waals surface area contributed by atoms with Gasteiger partial charge in [0.25, 0.3) is 0 Å². The topological polar surface area (TPSA) is 95.3 Å². The number of rotatable bonds is 9. The minimum atomic E-state index is -1.32. The van der Waals surface area contributed by atoms with Gasteiger partial charge in [-0.2, -0.15) is 4.79 Å². The second-order valence-corrected chi connectivity index (χ2v) is 8.82. The molecule has 0 spiro atoms. The molecule has 3 rings (SSSR count). The standard InChI is InChI=1S/C22H30N4O4S/c1-5-29-20(27)22(21(28)30-6-2)12-17(14-31-18-10-8-7-9-11-18)19(13-22)24-26-16(4)15(3)23-25-26/h7-11,17,19,24H,5-6,12-14H2,1-4H3/t17-,19-/m0/s1. The highest BCUT2D eigenvalue weighted by atomic mass is 32.2. The lowest BCUT2D eigenvalue weighted by Crippen LogP contribution is -2.41. The lowest BCUT2D eigenvalue weighted by molar-refractivity contribution is -0.171. The Balaban J connectivity index is 1.88. The van der Waals surface area contributed by atoms with Crippen LogP contribution >= 0.6 is 11.8 Å². The molecule has 2 aromatic rings. The van der Waals surface area contributed by atoms with Crippen molar-refractivity contribution in [2.45, 2.75) is 51.5 Å². The number of esters is 2. The smallest absolute Gasteiger partial charge is 0.323 e. The Hall–Kier alpha value is -2.55. The molecule has 0 radical (unpaired) electrons. The number of nitrogens with zero attached hydrogens (tertiary/aromatic N) is 3. The predicted octanol–water partition coefficient (Wildman–Crippen LogP) is 3.12. The van der Waals surface area contributed by atoms with Gasteiger partial charge in [0.2, 0.25) is 0 Å². The van der Waals surface area contributed by atoms with E-state index >= 15 is 0 Å². The summed E-state index contributed by atoms with van der Waals surface area (Å²) in [5.41, 5.74) is 3.77. The van der Waals surface area contributed by atoms with Gasteiger partial charge in [-0.1, -0.05) is 18.2 Å². The molecule has 0 unspecified atom stereocenters. The van der Waals surface area contributed by atoms with Gasteiger partial charge in [-0.15, -0.1) is 16.9 Å². The fraction of sp³-hybridized carbons (Fsp3) is 0.545. The largest absolute Gasteiger partial charge is 0.465 e. The molecule has 0 bridgehead atoms. The first-order valence-corrected chi connectivity index (χ1v) is 11.6. The van der Waals surface area contributed by atoms with Gasteiger partial charge < -0.3 is 14.9 Å². The highest BCUT2D eigenvalue weighted by Crippen LogP contribution is 2.46. The molecule has 31 heavy (non-hydrogen) atoms. The minimum absolute atomic E-state index is 0.0166. The number of thioether (sulfide) groups is 1. The molecule has 1 aromatic heterocycles. The first-order valence-electron chi connectivity index (χ1n) is 10.6. The monoisotopic (exact) mass is 446 g/mol. The van der Waals surface area contributed by atoms with Crippen LogP contribution in [0.25, 0.3) is 0 Å². The highest BCUT2D eigenvalue weighted by molar-refractivity contribution is 7.99. The van der Waals surface area contributed by atoms with Crippen molar-refractivity contribution in [1.82, 2.24) is 15.1 Å². The molecule has 1 fully saturated rings. The van der Waals surface area contributed by atoms with Crippen molar-refractivity contribution >= 4 is 23.7 Å². The number of hydrogen-bond acceptors (Lipinski definition) is 8. The number of benzene rings is 1. The maximum absolute atomic E-state index is 13.0. The van der Waals surface area contributed by atoms with Gasteiger partial charge >= 0.3 is 11.9 Å². The van der Waals surface area contributed by atoms with Crippen LogP contribution < -0.4 is 5.43 Å². The molecule has 0 saturated heterocycles. The molecule has 1 aliphatic carbocycles. The van der Waals surface area contributed by atoms with E-state index in [1.165, 1.54) is 0 Å². The Kier molecular flexibility index (Phi) is 7.59. The molecule has 1 N–H and O–H groups in total. The van der Waals surface area contributed by atoms with Gasteiger partial charge in [0.1, 0.15) is 0 Å². The van der Waals surface area contributed by atoms with E-state index in [-0.39, 0.29) is 31.6 Å². The third-order valence-electron chi connectivity index (χ3n) is 5.70. The van der Waals surface area contributed by atoms with E-state index in [0.717, 1.165) is 22.0 Å². The van der Waals surface area contributed by atoms with Crippen molar-refractivity contribution < 1.29 is 19.1 Å². The Morgan fingerprint density at radius 2 is 1.77 bits per heavy atom. The van der Waals surface area contributed by atoms with Crippen LogP contribution in [0.3, 0.4) is 0 Å². The molecule has 8 nitrogen and oxygen atoms in total. The van der Waals surface area contributed by atoms with Gasteiger partial charge in [-0.25, -0.2) is 0 Å². The van der Waals surface area contributed by atoms with Gasteiger partial charge in [0.05, 0.1) is 24.6 Å². The second-order valence-electron chi connectivity index (χ2n) is 7.72. The van der Waals surface area contributed by atoms with Crippen LogP contribution in [0.4, 0.5) is 0 Å². The summed E-state index contributed by atoms with van der Waals surface area (Å²) in [6, 6.07) is 9.90. The third kappa shape index (κ3) is 5.03. The summed E-state index contributed by atoms with van der Waals surface area (Å²) in [7, 11) is 0. The number of nitrogens with one attached hydrogen (secondary N) is 1. The average molecular weight is 447 g/mol. The van der Waals surface area contributed by atoms with Crippen molar-refractivity contribution in [2.24, 2.45) is 11.3 Å². The number of carbonyl (C=O) groups is 2. The van der Waals surface area contributed by atoms with E-state index in [1.807, 2.05) is 32.0 Å². The summed E-state index contributed by atoms with van der Waals surface area (Å²) in [6.07, 6.45) is 0.637. The van der Waals surface area contributed by atoms with Crippen LogP contribution in [0, 0.1) is 25.2 Å². The van der Waals surface area contributed by atoms with Crippen molar-refractivity contribution in [3.05, 3.63) is 41.7 Å². The summed E-state index contributed by atoms with van der Waals surface area (Å²) < 4.78 is 10.7. The maximum Gasteiger partial charge on any atom is 0.323 e. The van der Waals surface area contributed by atoms with Crippen LogP contribution in [0.1, 0.15) is 38.1 Å². The Morgan fingerprint density at radius 1 is 1.13 bits per heavy atom. The van der Waals surface area contributed by atoms with Gasteiger partial charge in [-0.05, 0) is 63.8 Å². The summed E-state index contributed by atoms with van der Waals surface area (Å²) >= 11 is 1.70. The van der Waals surface area contributed by atoms with Crippen molar-refractivity contribution in [1.29, 1.82) is 0 Å². The van der Waals surface area contributed by atoms with Gasteiger partial charge in [0, 0.05) is 16.7 Å².